The quantitative estimate of drug-likeness (QED) is 0.513. The Balaban J connectivity index is 1.79. The predicted octanol–water partition coefficient (Wildman–Crippen LogP) is 5.51. The van der Waals surface area contributed by atoms with Crippen LogP contribution in [0.25, 0.3) is 0 Å². The van der Waals surface area contributed by atoms with E-state index in [0.717, 1.165) is 43.9 Å². The minimum atomic E-state index is -0.372. The van der Waals surface area contributed by atoms with Crippen molar-refractivity contribution in [1.29, 1.82) is 0 Å². The number of phenolic OH excluding ortho intramolecular Hbond substituents is 1. The van der Waals surface area contributed by atoms with Gasteiger partial charge in [0.15, 0.2) is 0 Å². The van der Waals surface area contributed by atoms with Gasteiger partial charge in [-0.25, -0.2) is 9.97 Å². The van der Waals surface area contributed by atoms with Gasteiger partial charge in [0.05, 0.1) is 11.0 Å². The van der Waals surface area contributed by atoms with Gasteiger partial charge in [0.1, 0.15) is 11.6 Å². The lowest BCUT2D eigenvalue weighted by Gasteiger charge is -2.41. The number of amides is 1. The minimum absolute atomic E-state index is 0.0350. The first-order valence-corrected chi connectivity index (χ1v) is 13.2. The van der Waals surface area contributed by atoms with Gasteiger partial charge in [-0.15, -0.1) is 0 Å². The fraction of sp³-hybridized carbons (Fsp3) is 0.621. The molecule has 1 aromatic carbocycles. The molecule has 6 nitrogen and oxygen atoms in total. The number of aromatic hydroxyl groups is 1. The number of likely N-dealkylation sites (tertiary alicyclic amines) is 1. The van der Waals surface area contributed by atoms with E-state index in [-0.39, 0.29) is 17.1 Å². The Hall–Kier alpha value is -2.47. The SMILES string of the molecule is CCN(CC)C(=O)c1cnc(C2(c3cccc(O)c3)CCN(CCC(C)CC(C)(C)C)CC2)nc1. The van der Waals surface area contributed by atoms with Gasteiger partial charge in [-0.3, -0.25) is 4.79 Å². The number of carbonyl (C=O) groups is 1. The van der Waals surface area contributed by atoms with Crippen LogP contribution in [0.2, 0.25) is 0 Å². The van der Waals surface area contributed by atoms with Crippen LogP contribution in [0.5, 0.6) is 5.75 Å². The lowest BCUT2D eigenvalue weighted by molar-refractivity contribution is 0.0771. The molecule has 35 heavy (non-hydrogen) atoms. The first kappa shape index (κ1) is 27.1. The standard InChI is InChI=1S/C29H44N4O2/c1-7-33(8-2)26(35)23-20-30-27(31-21-23)29(24-10-9-11-25(34)18-24)13-16-32(17-14-29)15-12-22(3)19-28(4,5)6/h9-11,18,20-22,34H,7-8,12-17,19H2,1-6H3. The average Bonchev–Trinajstić information content (AvgIpc) is 2.83. The Morgan fingerprint density at radius 2 is 1.77 bits per heavy atom. The number of rotatable bonds is 9. The van der Waals surface area contributed by atoms with Gasteiger partial charge in [-0.1, -0.05) is 39.8 Å². The minimum Gasteiger partial charge on any atom is -0.508 e. The highest BCUT2D eigenvalue weighted by Crippen LogP contribution is 2.41. The summed E-state index contributed by atoms with van der Waals surface area (Å²) in [6.45, 7) is 17.6. The summed E-state index contributed by atoms with van der Waals surface area (Å²) in [4.78, 5) is 26.6. The van der Waals surface area contributed by atoms with Gasteiger partial charge < -0.3 is 14.9 Å². The topological polar surface area (TPSA) is 69.6 Å². The molecule has 1 saturated heterocycles. The molecule has 1 N–H and O–H groups in total. The van der Waals surface area contributed by atoms with Crippen LogP contribution in [-0.2, 0) is 5.41 Å². The normalized spacial score (nSPS) is 17.2. The molecule has 1 fully saturated rings. The van der Waals surface area contributed by atoms with Crippen LogP contribution in [-0.4, -0.2) is 63.5 Å². The molecule has 1 unspecified atom stereocenters. The number of hydrogen-bond donors (Lipinski definition) is 1. The highest BCUT2D eigenvalue weighted by molar-refractivity contribution is 5.93. The number of benzene rings is 1. The van der Waals surface area contributed by atoms with Gasteiger partial charge >= 0.3 is 0 Å². The number of phenols is 1. The molecule has 2 heterocycles. The van der Waals surface area contributed by atoms with E-state index in [4.69, 9.17) is 9.97 Å². The van der Waals surface area contributed by atoms with Crippen molar-refractivity contribution in [2.75, 3.05) is 32.7 Å². The lowest BCUT2D eigenvalue weighted by Crippen LogP contribution is -2.45. The van der Waals surface area contributed by atoms with Gasteiger partial charge in [-0.05, 0) is 88.2 Å². The zero-order valence-corrected chi connectivity index (χ0v) is 22.5. The Kier molecular flexibility index (Phi) is 8.92. The fourth-order valence-corrected chi connectivity index (χ4v) is 5.53. The smallest absolute Gasteiger partial charge is 0.256 e. The van der Waals surface area contributed by atoms with Crippen LogP contribution < -0.4 is 0 Å². The van der Waals surface area contributed by atoms with Crippen LogP contribution >= 0.6 is 0 Å². The fourth-order valence-electron chi connectivity index (χ4n) is 5.53. The average molecular weight is 481 g/mol. The van der Waals surface area contributed by atoms with Crippen LogP contribution in [0.4, 0.5) is 0 Å². The summed E-state index contributed by atoms with van der Waals surface area (Å²) in [6.07, 6.45) is 7.55. The monoisotopic (exact) mass is 480 g/mol. The van der Waals surface area contributed by atoms with Crippen LogP contribution in [0.3, 0.4) is 0 Å². The molecule has 0 radical (unpaired) electrons. The van der Waals surface area contributed by atoms with Crippen molar-refractivity contribution in [3.63, 3.8) is 0 Å². The van der Waals surface area contributed by atoms with Crippen molar-refractivity contribution < 1.29 is 9.90 Å². The maximum Gasteiger partial charge on any atom is 0.256 e. The largest absolute Gasteiger partial charge is 0.508 e. The lowest BCUT2D eigenvalue weighted by atomic mass is 9.71. The van der Waals surface area contributed by atoms with Crippen molar-refractivity contribution in [1.82, 2.24) is 19.8 Å². The molecule has 1 atom stereocenters. The van der Waals surface area contributed by atoms with Crippen LogP contribution in [0.1, 0.15) is 89.0 Å². The second-order valence-corrected chi connectivity index (χ2v) is 11.4. The van der Waals surface area contributed by atoms with Crippen LogP contribution in [0.15, 0.2) is 36.7 Å². The van der Waals surface area contributed by atoms with E-state index in [0.29, 0.717) is 30.0 Å². The Morgan fingerprint density at radius 1 is 1.14 bits per heavy atom. The van der Waals surface area contributed by atoms with E-state index in [1.165, 1.54) is 12.8 Å². The third-order valence-electron chi connectivity index (χ3n) is 7.38. The molecule has 2 aromatic rings. The van der Waals surface area contributed by atoms with Gasteiger partial charge in [0.2, 0.25) is 0 Å². The van der Waals surface area contributed by atoms with E-state index in [9.17, 15) is 9.90 Å². The molecule has 0 bridgehead atoms. The zero-order chi connectivity index (χ0) is 25.6. The number of nitrogens with zero attached hydrogens (tertiary/aromatic N) is 4. The number of hydrogen-bond acceptors (Lipinski definition) is 5. The summed E-state index contributed by atoms with van der Waals surface area (Å²) < 4.78 is 0. The summed E-state index contributed by atoms with van der Waals surface area (Å²) in [6, 6.07) is 7.51. The summed E-state index contributed by atoms with van der Waals surface area (Å²) in [5, 5.41) is 10.2. The molecule has 1 aliphatic rings. The molecule has 0 spiro atoms. The molecule has 1 aromatic heterocycles. The molecule has 3 rings (SSSR count). The van der Waals surface area contributed by atoms with Crippen molar-refractivity contribution in [2.24, 2.45) is 11.3 Å². The molecule has 0 saturated carbocycles. The third kappa shape index (κ3) is 6.81. The zero-order valence-electron chi connectivity index (χ0n) is 22.5. The molecular formula is C29H44N4O2. The van der Waals surface area contributed by atoms with E-state index in [2.05, 4.69) is 38.7 Å². The second kappa shape index (κ2) is 11.5. The highest BCUT2D eigenvalue weighted by atomic mass is 16.3. The van der Waals surface area contributed by atoms with E-state index in [1.807, 2.05) is 26.0 Å². The number of aromatic nitrogens is 2. The van der Waals surface area contributed by atoms with Crippen molar-refractivity contribution >= 4 is 5.91 Å². The number of carbonyl (C=O) groups excluding carboxylic acids is 1. The van der Waals surface area contributed by atoms with Gasteiger partial charge in [-0.2, -0.15) is 0 Å². The maximum atomic E-state index is 12.8. The molecule has 1 aliphatic heterocycles. The number of piperidine rings is 1. The summed E-state index contributed by atoms with van der Waals surface area (Å²) in [5.74, 6) is 1.66. The van der Waals surface area contributed by atoms with E-state index >= 15 is 0 Å². The maximum absolute atomic E-state index is 12.8. The molecule has 6 heteroatoms. The molecular weight excluding hydrogens is 436 g/mol. The first-order valence-electron chi connectivity index (χ1n) is 13.2. The predicted molar refractivity (Wildman–Crippen MR) is 142 cm³/mol. The van der Waals surface area contributed by atoms with E-state index in [1.54, 1.807) is 23.4 Å². The van der Waals surface area contributed by atoms with Crippen molar-refractivity contribution in [2.45, 2.75) is 72.6 Å². The molecule has 0 aliphatic carbocycles. The van der Waals surface area contributed by atoms with Gasteiger partial charge in [0.25, 0.3) is 5.91 Å². The van der Waals surface area contributed by atoms with Crippen LogP contribution in [0, 0.1) is 11.3 Å². The molecule has 192 valence electrons. The van der Waals surface area contributed by atoms with E-state index < -0.39 is 0 Å². The van der Waals surface area contributed by atoms with Crippen molar-refractivity contribution in [3.05, 3.63) is 53.6 Å². The first-order chi connectivity index (χ1) is 16.6. The van der Waals surface area contributed by atoms with Crippen molar-refractivity contribution in [3.8, 4) is 5.75 Å². The summed E-state index contributed by atoms with van der Waals surface area (Å²) in [7, 11) is 0. The molecule has 1 amide bonds. The highest BCUT2D eigenvalue weighted by Gasteiger charge is 2.40. The Labute approximate surface area is 211 Å². The summed E-state index contributed by atoms with van der Waals surface area (Å²) in [5.41, 5.74) is 1.56. The van der Waals surface area contributed by atoms with Gasteiger partial charge in [0, 0.05) is 25.5 Å². The third-order valence-corrected chi connectivity index (χ3v) is 7.38. The summed E-state index contributed by atoms with van der Waals surface area (Å²) >= 11 is 0. The Bertz CT molecular complexity index is 955. The second-order valence-electron chi connectivity index (χ2n) is 11.4. The Morgan fingerprint density at radius 3 is 2.31 bits per heavy atom.